The van der Waals surface area contributed by atoms with Crippen LogP contribution in [0, 0.1) is 5.41 Å². The summed E-state index contributed by atoms with van der Waals surface area (Å²) in [4.78, 5) is 25.9. The molecule has 1 aliphatic rings. The Morgan fingerprint density at radius 2 is 2.11 bits per heavy atom. The van der Waals surface area contributed by atoms with Gasteiger partial charge in [-0.2, -0.15) is 0 Å². The van der Waals surface area contributed by atoms with Gasteiger partial charge in [-0.25, -0.2) is 0 Å². The molecule has 1 heterocycles. The number of hydrogen-bond acceptors (Lipinski definition) is 3. The van der Waals surface area contributed by atoms with Crippen molar-refractivity contribution in [2.45, 2.75) is 46.1 Å². The van der Waals surface area contributed by atoms with Crippen molar-refractivity contribution >= 4 is 11.8 Å². The number of hydrogen-bond donors (Lipinski definition) is 2. The highest BCUT2D eigenvalue weighted by molar-refractivity contribution is 5.88. The summed E-state index contributed by atoms with van der Waals surface area (Å²) in [5.74, 6) is 0.00158. The van der Waals surface area contributed by atoms with Gasteiger partial charge < -0.3 is 15.5 Å². The van der Waals surface area contributed by atoms with Crippen molar-refractivity contribution in [2.75, 3.05) is 26.7 Å². The topological polar surface area (TPSA) is 61.4 Å². The zero-order valence-electron chi connectivity index (χ0n) is 12.6. The first-order valence-corrected chi connectivity index (χ1v) is 7.17. The monoisotopic (exact) mass is 269 g/mol. The van der Waals surface area contributed by atoms with Crippen molar-refractivity contribution in [3.8, 4) is 0 Å². The number of likely N-dealkylation sites (N-methyl/N-ethyl adjacent to an activating group) is 1. The molecule has 0 aromatic heterocycles. The van der Waals surface area contributed by atoms with Crippen LogP contribution in [-0.2, 0) is 9.59 Å². The molecule has 1 fully saturated rings. The molecule has 0 aromatic carbocycles. The van der Waals surface area contributed by atoms with Crippen LogP contribution in [-0.4, -0.2) is 49.4 Å². The molecule has 110 valence electrons. The van der Waals surface area contributed by atoms with Gasteiger partial charge in [-0.15, -0.1) is 0 Å². The van der Waals surface area contributed by atoms with Crippen molar-refractivity contribution < 1.29 is 9.59 Å². The third-order valence-electron chi connectivity index (χ3n) is 3.60. The summed E-state index contributed by atoms with van der Waals surface area (Å²) < 4.78 is 0. The smallest absolute Gasteiger partial charge is 0.239 e. The molecule has 1 saturated heterocycles. The Morgan fingerprint density at radius 3 is 2.58 bits per heavy atom. The van der Waals surface area contributed by atoms with Crippen LogP contribution in [0.25, 0.3) is 0 Å². The second kappa shape index (κ2) is 6.89. The minimum absolute atomic E-state index is 0.0940. The Kier molecular flexibility index (Phi) is 5.79. The minimum Gasteiger partial charge on any atom is -0.352 e. The lowest BCUT2D eigenvalue weighted by atomic mass is 9.81. The highest BCUT2D eigenvalue weighted by Gasteiger charge is 2.42. The van der Waals surface area contributed by atoms with Crippen molar-refractivity contribution in [1.29, 1.82) is 0 Å². The maximum atomic E-state index is 12.6. The molecule has 0 bridgehead atoms. The largest absolute Gasteiger partial charge is 0.352 e. The lowest BCUT2D eigenvalue weighted by Gasteiger charge is -2.31. The first-order chi connectivity index (χ1) is 8.91. The maximum absolute atomic E-state index is 12.6. The van der Waals surface area contributed by atoms with Crippen molar-refractivity contribution in [2.24, 2.45) is 5.41 Å². The summed E-state index contributed by atoms with van der Waals surface area (Å²) in [5, 5.41) is 6.09. The van der Waals surface area contributed by atoms with Gasteiger partial charge in [-0.05, 0) is 33.2 Å². The molecule has 1 rings (SSSR count). The maximum Gasteiger partial charge on any atom is 0.239 e. The Bertz CT molecular complexity index is 323. The van der Waals surface area contributed by atoms with Gasteiger partial charge in [0.2, 0.25) is 11.8 Å². The van der Waals surface area contributed by atoms with Gasteiger partial charge in [0.05, 0.1) is 12.0 Å². The highest BCUT2D eigenvalue weighted by Crippen LogP contribution is 2.32. The fraction of sp³-hybridized carbons (Fsp3) is 0.857. The zero-order chi connectivity index (χ0) is 14.5. The molecule has 19 heavy (non-hydrogen) atoms. The number of amides is 2. The van der Waals surface area contributed by atoms with Crippen LogP contribution in [0.5, 0.6) is 0 Å². The average Bonchev–Trinajstić information content (AvgIpc) is 2.77. The lowest BCUT2D eigenvalue weighted by molar-refractivity contribution is -0.143. The van der Waals surface area contributed by atoms with Crippen LogP contribution in [0.3, 0.4) is 0 Å². The SMILES string of the molecule is CCCC1(C(=O)N(C)CC(=O)NC(C)C)CCNC1. The van der Waals surface area contributed by atoms with Crippen molar-refractivity contribution in [3.63, 3.8) is 0 Å². The molecule has 1 atom stereocenters. The van der Waals surface area contributed by atoms with Crippen LogP contribution >= 0.6 is 0 Å². The molecule has 2 N–H and O–H groups in total. The molecule has 0 aliphatic carbocycles. The summed E-state index contributed by atoms with van der Waals surface area (Å²) in [7, 11) is 1.72. The first-order valence-electron chi connectivity index (χ1n) is 7.17. The zero-order valence-corrected chi connectivity index (χ0v) is 12.6. The van der Waals surface area contributed by atoms with Gasteiger partial charge in [-0.1, -0.05) is 13.3 Å². The van der Waals surface area contributed by atoms with Crippen LogP contribution in [0.1, 0.15) is 40.0 Å². The molecule has 5 nitrogen and oxygen atoms in total. The highest BCUT2D eigenvalue weighted by atomic mass is 16.2. The second-order valence-corrected chi connectivity index (χ2v) is 5.84. The summed E-state index contributed by atoms with van der Waals surface area (Å²) in [6.45, 7) is 7.69. The Labute approximate surface area is 116 Å². The molecule has 1 unspecified atom stereocenters. The molecule has 5 heteroatoms. The standard InChI is InChI=1S/C14H27N3O2/c1-5-6-14(7-8-15-10-14)13(19)17(4)9-12(18)16-11(2)3/h11,15H,5-10H2,1-4H3,(H,16,18). The van der Waals surface area contributed by atoms with E-state index in [1.165, 1.54) is 0 Å². The van der Waals surface area contributed by atoms with Crippen LogP contribution in [0.4, 0.5) is 0 Å². The van der Waals surface area contributed by atoms with Gasteiger partial charge in [0.15, 0.2) is 0 Å². The number of nitrogens with zero attached hydrogens (tertiary/aromatic N) is 1. The van der Waals surface area contributed by atoms with Crippen LogP contribution in [0.15, 0.2) is 0 Å². The summed E-state index contributed by atoms with van der Waals surface area (Å²) in [6.07, 6.45) is 2.74. The van der Waals surface area contributed by atoms with E-state index in [-0.39, 0.29) is 29.8 Å². The van der Waals surface area contributed by atoms with E-state index >= 15 is 0 Å². The molecule has 0 aromatic rings. The summed E-state index contributed by atoms with van der Waals surface area (Å²) >= 11 is 0. The molecule has 0 saturated carbocycles. The number of carbonyl (C=O) groups is 2. The van der Waals surface area contributed by atoms with Gasteiger partial charge in [-0.3, -0.25) is 9.59 Å². The van der Waals surface area contributed by atoms with E-state index in [4.69, 9.17) is 0 Å². The quantitative estimate of drug-likeness (QED) is 0.748. The normalized spacial score (nSPS) is 22.6. The summed E-state index contributed by atoms with van der Waals surface area (Å²) in [5.41, 5.74) is -0.304. The predicted octanol–water partition coefficient (Wildman–Crippen LogP) is 0.749. The van der Waals surface area contributed by atoms with Crippen molar-refractivity contribution in [1.82, 2.24) is 15.5 Å². The van der Waals surface area contributed by atoms with E-state index in [2.05, 4.69) is 17.6 Å². The van der Waals surface area contributed by atoms with Gasteiger partial charge in [0.25, 0.3) is 0 Å². The van der Waals surface area contributed by atoms with E-state index < -0.39 is 0 Å². The van der Waals surface area contributed by atoms with E-state index in [0.717, 1.165) is 32.4 Å². The van der Waals surface area contributed by atoms with Gasteiger partial charge in [0, 0.05) is 19.6 Å². The Balaban J connectivity index is 2.61. The van der Waals surface area contributed by atoms with Crippen LogP contribution in [0.2, 0.25) is 0 Å². The minimum atomic E-state index is -0.304. The number of rotatable bonds is 6. The number of nitrogens with one attached hydrogen (secondary N) is 2. The van der Waals surface area contributed by atoms with E-state index in [1.54, 1.807) is 11.9 Å². The molecule has 0 spiro atoms. The predicted molar refractivity (Wildman–Crippen MR) is 75.7 cm³/mol. The Hall–Kier alpha value is -1.10. The molecule has 1 aliphatic heterocycles. The average molecular weight is 269 g/mol. The fourth-order valence-electron chi connectivity index (χ4n) is 2.78. The molecular formula is C14H27N3O2. The molecular weight excluding hydrogens is 242 g/mol. The van der Waals surface area contributed by atoms with E-state index in [1.807, 2.05) is 13.8 Å². The Morgan fingerprint density at radius 1 is 1.42 bits per heavy atom. The lowest BCUT2D eigenvalue weighted by Crippen LogP contribution is -2.47. The number of carbonyl (C=O) groups excluding carboxylic acids is 2. The van der Waals surface area contributed by atoms with E-state index in [0.29, 0.717) is 0 Å². The fourth-order valence-corrected chi connectivity index (χ4v) is 2.78. The van der Waals surface area contributed by atoms with Crippen molar-refractivity contribution in [3.05, 3.63) is 0 Å². The third kappa shape index (κ3) is 4.20. The van der Waals surface area contributed by atoms with Gasteiger partial charge >= 0.3 is 0 Å². The second-order valence-electron chi connectivity index (χ2n) is 5.84. The summed E-state index contributed by atoms with van der Waals surface area (Å²) in [6, 6.07) is 0.105. The molecule has 0 radical (unpaired) electrons. The van der Waals surface area contributed by atoms with Crippen LogP contribution < -0.4 is 10.6 Å². The molecule has 2 amide bonds. The third-order valence-corrected chi connectivity index (χ3v) is 3.60. The van der Waals surface area contributed by atoms with Gasteiger partial charge in [0.1, 0.15) is 0 Å². The van der Waals surface area contributed by atoms with E-state index in [9.17, 15) is 9.59 Å². The first kappa shape index (κ1) is 16.0.